The maximum Gasteiger partial charge on any atom is 0.125 e. The van der Waals surface area contributed by atoms with E-state index in [0.717, 1.165) is 12.4 Å². The average molecular weight is 235 g/mol. The highest BCUT2D eigenvalue weighted by atomic mass is 15.1. The van der Waals surface area contributed by atoms with Crippen molar-refractivity contribution in [2.45, 2.75) is 40.3 Å². The number of aromatic nitrogens is 1. The summed E-state index contributed by atoms with van der Waals surface area (Å²) in [4.78, 5) is 6.61. The Hall–Kier alpha value is -1.09. The predicted octanol–water partition coefficient (Wildman–Crippen LogP) is 2.99. The first-order valence-electron chi connectivity index (χ1n) is 6.17. The largest absolute Gasteiger partial charge is 0.373 e. The quantitative estimate of drug-likeness (QED) is 0.869. The second-order valence-corrected chi connectivity index (χ2v) is 5.76. The molecule has 1 unspecified atom stereocenters. The lowest BCUT2D eigenvalue weighted by Crippen LogP contribution is -2.38. The van der Waals surface area contributed by atoms with Crippen LogP contribution < -0.4 is 5.32 Å². The summed E-state index contributed by atoms with van der Waals surface area (Å²) in [5.41, 5.74) is 1.59. The number of nitrogens with zero attached hydrogens (tertiary/aromatic N) is 2. The SMILES string of the molecule is CNc1cc(CN(C)C(C)C(C)(C)C)ccn1. The van der Waals surface area contributed by atoms with Gasteiger partial charge in [-0.25, -0.2) is 4.98 Å². The molecule has 0 aliphatic carbocycles. The first-order chi connectivity index (χ1) is 7.84. The lowest BCUT2D eigenvalue weighted by molar-refractivity contribution is 0.134. The van der Waals surface area contributed by atoms with Crippen molar-refractivity contribution in [2.75, 3.05) is 19.4 Å². The molecule has 96 valence electrons. The van der Waals surface area contributed by atoms with Gasteiger partial charge in [0, 0.05) is 25.8 Å². The van der Waals surface area contributed by atoms with Crippen molar-refractivity contribution in [2.24, 2.45) is 5.41 Å². The molecule has 0 aliphatic rings. The lowest BCUT2D eigenvalue weighted by atomic mass is 9.87. The van der Waals surface area contributed by atoms with Crippen molar-refractivity contribution >= 4 is 5.82 Å². The predicted molar refractivity (Wildman–Crippen MR) is 74.2 cm³/mol. The zero-order chi connectivity index (χ0) is 13.1. The lowest BCUT2D eigenvalue weighted by Gasteiger charge is -2.35. The van der Waals surface area contributed by atoms with Crippen LogP contribution in [0.5, 0.6) is 0 Å². The van der Waals surface area contributed by atoms with Gasteiger partial charge in [-0.1, -0.05) is 20.8 Å². The molecule has 1 heterocycles. The zero-order valence-electron chi connectivity index (χ0n) is 11.9. The Balaban J connectivity index is 2.70. The Morgan fingerprint density at radius 1 is 1.41 bits per heavy atom. The van der Waals surface area contributed by atoms with E-state index in [4.69, 9.17) is 0 Å². The monoisotopic (exact) mass is 235 g/mol. The summed E-state index contributed by atoms with van der Waals surface area (Å²) < 4.78 is 0. The van der Waals surface area contributed by atoms with Crippen molar-refractivity contribution in [3.63, 3.8) is 0 Å². The van der Waals surface area contributed by atoms with E-state index in [1.165, 1.54) is 5.56 Å². The summed E-state index contributed by atoms with van der Waals surface area (Å²) in [6.07, 6.45) is 1.86. The molecule has 0 saturated carbocycles. The maximum atomic E-state index is 4.23. The van der Waals surface area contributed by atoms with E-state index < -0.39 is 0 Å². The molecule has 0 radical (unpaired) electrons. The van der Waals surface area contributed by atoms with Gasteiger partial charge in [0.2, 0.25) is 0 Å². The van der Waals surface area contributed by atoms with E-state index in [-0.39, 0.29) is 0 Å². The van der Waals surface area contributed by atoms with Crippen molar-refractivity contribution in [1.29, 1.82) is 0 Å². The Kier molecular flexibility index (Phi) is 4.52. The fourth-order valence-corrected chi connectivity index (χ4v) is 1.80. The molecule has 0 aromatic carbocycles. The van der Waals surface area contributed by atoms with Crippen LogP contribution in [0.2, 0.25) is 0 Å². The molecule has 0 saturated heterocycles. The van der Waals surface area contributed by atoms with E-state index in [2.05, 4.69) is 62.1 Å². The normalized spacial score (nSPS) is 13.8. The van der Waals surface area contributed by atoms with E-state index in [9.17, 15) is 0 Å². The Labute approximate surface area is 105 Å². The van der Waals surface area contributed by atoms with Crippen LogP contribution in [0.15, 0.2) is 18.3 Å². The second-order valence-electron chi connectivity index (χ2n) is 5.76. The number of hydrogen-bond donors (Lipinski definition) is 1. The van der Waals surface area contributed by atoms with Crippen molar-refractivity contribution < 1.29 is 0 Å². The summed E-state index contributed by atoms with van der Waals surface area (Å²) in [7, 11) is 4.07. The van der Waals surface area contributed by atoms with Gasteiger partial charge >= 0.3 is 0 Å². The minimum Gasteiger partial charge on any atom is -0.373 e. The highest BCUT2D eigenvalue weighted by Gasteiger charge is 2.23. The molecule has 17 heavy (non-hydrogen) atoms. The van der Waals surface area contributed by atoms with Gasteiger partial charge in [-0.3, -0.25) is 4.90 Å². The molecule has 1 rings (SSSR count). The Bertz CT molecular complexity index is 355. The summed E-state index contributed by atoms with van der Waals surface area (Å²) >= 11 is 0. The highest BCUT2D eigenvalue weighted by molar-refractivity contribution is 5.36. The molecule has 0 amide bonds. The fourth-order valence-electron chi connectivity index (χ4n) is 1.80. The third kappa shape index (κ3) is 4.00. The summed E-state index contributed by atoms with van der Waals surface area (Å²) in [6, 6.07) is 4.72. The van der Waals surface area contributed by atoms with E-state index in [1.54, 1.807) is 0 Å². The molecule has 1 aromatic rings. The summed E-state index contributed by atoms with van der Waals surface area (Å²) in [5.74, 6) is 0.930. The maximum absolute atomic E-state index is 4.23. The molecule has 1 atom stereocenters. The highest BCUT2D eigenvalue weighted by Crippen LogP contribution is 2.24. The number of rotatable bonds is 4. The van der Waals surface area contributed by atoms with E-state index in [0.29, 0.717) is 11.5 Å². The van der Waals surface area contributed by atoms with Crippen LogP contribution in [0.4, 0.5) is 5.82 Å². The van der Waals surface area contributed by atoms with Gasteiger partial charge in [-0.15, -0.1) is 0 Å². The molecular weight excluding hydrogens is 210 g/mol. The van der Waals surface area contributed by atoms with Crippen LogP contribution in [0.1, 0.15) is 33.3 Å². The molecule has 1 N–H and O–H groups in total. The minimum absolute atomic E-state index is 0.299. The fraction of sp³-hybridized carbons (Fsp3) is 0.643. The molecule has 0 spiro atoms. The van der Waals surface area contributed by atoms with Gasteiger partial charge in [0.15, 0.2) is 0 Å². The van der Waals surface area contributed by atoms with Gasteiger partial charge in [0.25, 0.3) is 0 Å². The van der Waals surface area contributed by atoms with Crippen molar-refractivity contribution in [3.8, 4) is 0 Å². The number of nitrogens with one attached hydrogen (secondary N) is 1. The van der Waals surface area contributed by atoms with Gasteiger partial charge < -0.3 is 5.32 Å². The Morgan fingerprint density at radius 3 is 2.59 bits per heavy atom. The first kappa shape index (κ1) is 14.0. The first-order valence-corrected chi connectivity index (χ1v) is 6.17. The molecule has 3 heteroatoms. The molecule has 0 aliphatic heterocycles. The van der Waals surface area contributed by atoms with Crippen LogP contribution in [0, 0.1) is 5.41 Å². The Morgan fingerprint density at radius 2 is 2.06 bits per heavy atom. The topological polar surface area (TPSA) is 28.2 Å². The van der Waals surface area contributed by atoms with Crippen molar-refractivity contribution in [3.05, 3.63) is 23.9 Å². The van der Waals surface area contributed by atoms with Crippen LogP contribution >= 0.6 is 0 Å². The standard InChI is InChI=1S/C14H25N3/c1-11(14(2,3)4)17(6)10-12-7-8-16-13(9-12)15-5/h7-9,11H,10H2,1-6H3,(H,15,16). The number of anilines is 1. The molecule has 0 bridgehead atoms. The van der Waals surface area contributed by atoms with Gasteiger partial charge in [-0.05, 0) is 37.1 Å². The number of pyridine rings is 1. The van der Waals surface area contributed by atoms with Crippen LogP contribution in [0.25, 0.3) is 0 Å². The summed E-state index contributed by atoms with van der Waals surface area (Å²) in [6.45, 7) is 10.1. The zero-order valence-corrected chi connectivity index (χ0v) is 11.9. The third-order valence-corrected chi connectivity index (χ3v) is 3.43. The van der Waals surface area contributed by atoms with Gasteiger partial charge in [0.1, 0.15) is 5.82 Å². The summed E-state index contributed by atoms with van der Waals surface area (Å²) in [5, 5.41) is 3.07. The third-order valence-electron chi connectivity index (χ3n) is 3.43. The molecule has 1 aromatic heterocycles. The average Bonchev–Trinajstić information content (AvgIpc) is 2.27. The van der Waals surface area contributed by atoms with Crippen molar-refractivity contribution in [1.82, 2.24) is 9.88 Å². The molecule has 3 nitrogen and oxygen atoms in total. The second kappa shape index (κ2) is 5.50. The van der Waals surface area contributed by atoms with E-state index in [1.807, 2.05) is 13.2 Å². The number of hydrogen-bond acceptors (Lipinski definition) is 3. The van der Waals surface area contributed by atoms with Crippen LogP contribution in [0.3, 0.4) is 0 Å². The smallest absolute Gasteiger partial charge is 0.125 e. The van der Waals surface area contributed by atoms with Gasteiger partial charge in [0.05, 0.1) is 0 Å². The van der Waals surface area contributed by atoms with Gasteiger partial charge in [-0.2, -0.15) is 0 Å². The van der Waals surface area contributed by atoms with E-state index >= 15 is 0 Å². The molecule has 0 fully saturated rings. The molecular formula is C14H25N3. The van der Waals surface area contributed by atoms with Crippen LogP contribution in [-0.2, 0) is 6.54 Å². The minimum atomic E-state index is 0.299. The van der Waals surface area contributed by atoms with Crippen LogP contribution in [-0.4, -0.2) is 30.0 Å².